The van der Waals surface area contributed by atoms with E-state index in [-0.39, 0.29) is 6.10 Å². The third-order valence-corrected chi connectivity index (χ3v) is 2.91. The smallest absolute Gasteiger partial charge is 0.316 e. The molecule has 0 bridgehead atoms. The molecule has 19 heavy (non-hydrogen) atoms. The number of rotatable bonds is 8. The summed E-state index contributed by atoms with van der Waals surface area (Å²) in [5.41, 5.74) is 2.13. The molecular weight excluding hydrogens is 238 g/mol. The van der Waals surface area contributed by atoms with Gasteiger partial charge in [-0.1, -0.05) is 20.8 Å². The largest absolute Gasteiger partial charge is 0.460 e. The van der Waals surface area contributed by atoms with Gasteiger partial charge >= 0.3 is 6.01 Å². The summed E-state index contributed by atoms with van der Waals surface area (Å²) in [7, 11) is 0. The first-order valence-electron chi connectivity index (χ1n) is 7.22. The van der Waals surface area contributed by atoms with Gasteiger partial charge in [-0.05, 0) is 39.2 Å². The second kappa shape index (κ2) is 8.10. The summed E-state index contributed by atoms with van der Waals surface area (Å²) in [6.45, 7) is 12.4. The standard InChI is InChI=1S/C15H27N3O/c1-6-7-16-9-14-10-17-15(18-13(14)5)19-12(4)8-11(2)3/h10-12,16H,6-9H2,1-5H3. The Bertz CT molecular complexity index is 380. The molecule has 1 heterocycles. The fourth-order valence-corrected chi connectivity index (χ4v) is 1.99. The van der Waals surface area contributed by atoms with Gasteiger partial charge in [-0.3, -0.25) is 0 Å². The van der Waals surface area contributed by atoms with Crippen molar-refractivity contribution in [1.29, 1.82) is 0 Å². The summed E-state index contributed by atoms with van der Waals surface area (Å²) in [6, 6.07) is 0.491. The molecule has 0 aliphatic carbocycles. The van der Waals surface area contributed by atoms with Crippen molar-refractivity contribution < 1.29 is 4.74 Å². The van der Waals surface area contributed by atoms with Crippen LogP contribution in [0.1, 0.15) is 51.8 Å². The van der Waals surface area contributed by atoms with Crippen LogP contribution in [0.15, 0.2) is 6.20 Å². The molecule has 0 aliphatic rings. The molecule has 1 aromatic heterocycles. The number of nitrogens with zero attached hydrogens (tertiary/aromatic N) is 2. The number of aromatic nitrogens is 2. The van der Waals surface area contributed by atoms with Crippen LogP contribution in [0.3, 0.4) is 0 Å². The van der Waals surface area contributed by atoms with Gasteiger partial charge < -0.3 is 10.1 Å². The van der Waals surface area contributed by atoms with E-state index >= 15 is 0 Å². The maximum absolute atomic E-state index is 5.74. The maximum atomic E-state index is 5.74. The summed E-state index contributed by atoms with van der Waals surface area (Å²) in [4.78, 5) is 8.72. The van der Waals surface area contributed by atoms with Crippen LogP contribution in [-0.2, 0) is 6.54 Å². The fourth-order valence-electron chi connectivity index (χ4n) is 1.99. The van der Waals surface area contributed by atoms with Crippen molar-refractivity contribution in [2.45, 2.75) is 60.1 Å². The highest BCUT2D eigenvalue weighted by molar-refractivity contribution is 5.17. The van der Waals surface area contributed by atoms with Crippen LogP contribution < -0.4 is 10.1 Å². The molecule has 1 atom stereocenters. The van der Waals surface area contributed by atoms with E-state index in [9.17, 15) is 0 Å². The van der Waals surface area contributed by atoms with E-state index in [4.69, 9.17) is 4.74 Å². The van der Waals surface area contributed by atoms with Crippen LogP contribution in [0.5, 0.6) is 6.01 Å². The zero-order valence-electron chi connectivity index (χ0n) is 12.9. The van der Waals surface area contributed by atoms with Gasteiger partial charge in [-0.25, -0.2) is 9.97 Å². The van der Waals surface area contributed by atoms with Gasteiger partial charge in [0.2, 0.25) is 0 Å². The average molecular weight is 265 g/mol. The maximum Gasteiger partial charge on any atom is 0.316 e. The molecule has 0 saturated heterocycles. The Balaban J connectivity index is 2.55. The van der Waals surface area contributed by atoms with Gasteiger partial charge in [-0.2, -0.15) is 0 Å². The summed E-state index contributed by atoms with van der Waals surface area (Å²) in [5, 5.41) is 3.36. The Hall–Kier alpha value is -1.16. The summed E-state index contributed by atoms with van der Waals surface area (Å²) >= 11 is 0. The fraction of sp³-hybridized carbons (Fsp3) is 0.733. The summed E-state index contributed by atoms with van der Waals surface area (Å²) in [5.74, 6) is 0.619. The molecule has 1 aromatic rings. The minimum atomic E-state index is 0.156. The van der Waals surface area contributed by atoms with E-state index in [2.05, 4.69) is 43.0 Å². The van der Waals surface area contributed by atoms with Crippen LogP contribution in [0, 0.1) is 12.8 Å². The molecule has 4 nitrogen and oxygen atoms in total. The van der Waals surface area contributed by atoms with Crippen molar-refractivity contribution in [2.24, 2.45) is 5.92 Å². The van der Waals surface area contributed by atoms with Crippen LogP contribution in [0.4, 0.5) is 0 Å². The molecule has 0 spiro atoms. The van der Waals surface area contributed by atoms with Gasteiger partial charge in [0.1, 0.15) is 0 Å². The lowest BCUT2D eigenvalue weighted by Gasteiger charge is -2.15. The van der Waals surface area contributed by atoms with Crippen LogP contribution in [-0.4, -0.2) is 22.6 Å². The predicted molar refractivity (Wildman–Crippen MR) is 78.3 cm³/mol. The van der Waals surface area contributed by atoms with Crippen molar-refractivity contribution in [2.75, 3.05) is 6.54 Å². The lowest BCUT2D eigenvalue weighted by Crippen LogP contribution is -2.18. The zero-order valence-corrected chi connectivity index (χ0v) is 12.9. The van der Waals surface area contributed by atoms with Crippen LogP contribution in [0.25, 0.3) is 0 Å². The number of aryl methyl sites for hydroxylation is 1. The Kier molecular flexibility index (Phi) is 6.78. The lowest BCUT2D eigenvalue weighted by atomic mass is 10.1. The molecule has 1 unspecified atom stereocenters. The number of hydrogen-bond acceptors (Lipinski definition) is 4. The third kappa shape index (κ3) is 6.01. The molecule has 0 radical (unpaired) electrons. The van der Waals surface area contributed by atoms with E-state index in [0.717, 1.165) is 37.2 Å². The van der Waals surface area contributed by atoms with E-state index in [1.165, 1.54) is 0 Å². The Labute approximate surface area is 117 Å². The molecular formula is C15H27N3O. The van der Waals surface area contributed by atoms with E-state index in [1.54, 1.807) is 0 Å². The Morgan fingerprint density at radius 2 is 2.05 bits per heavy atom. The van der Waals surface area contributed by atoms with E-state index < -0.39 is 0 Å². The summed E-state index contributed by atoms with van der Waals surface area (Å²) < 4.78 is 5.74. The predicted octanol–water partition coefficient (Wildman–Crippen LogP) is 3.10. The Morgan fingerprint density at radius 3 is 2.63 bits per heavy atom. The minimum absolute atomic E-state index is 0.156. The zero-order chi connectivity index (χ0) is 14.3. The molecule has 108 valence electrons. The molecule has 0 fully saturated rings. The van der Waals surface area contributed by atoms with Crippen LogP contribution >= 0.6 is 0 Å². The third-order valence-electron chi connectivity index (χ3n) is 2.91. The highest BCUT2D eigenvalue weighted by Gasteiger charge is 2.10. The van der Waals surface area contributed by atoms with Gasteiger partial charge in [0.25, 0.3) is 0 Å². The second-order valence-corrected chi connectivity index (χ2v) is 5.50. The topological polar surface area (TPSA) is 47.0 Å². The van der Waals surface area contributed by atoms with E-state index in [1.807, 2.05) is 13.1 Å². The first-order chi connectivity index (χ1) is 9.02. The molecule has 4 heteroatoms. The van der Waals surface area contributed by atoms with Crippen molar-refractivity contribution in [1.82, 2.24) is 15.3 Å². The monoisotopic (exact) mass is 265 g/mol. The molecule has 1 N–H and O–H groups in total. The highest BCUT2D eigenvalue weighted by atomic mass is 16.5. The Morgan fingerprint density at radius 1 is 1.32 bits per heavy atom. The second-order valence-electron chi connectivity index (χ2n) is 5.50. The SMILES string of the molecule is CCCNCc1cnc(OC(C)CC(C)C)nc1C. The number of hydrogen-bond donors (Lipinski definition) is 1. The van der Waals surface area contributed by atoms with Gasteiger partial charge in [0.05, 0.1) is 6.10 Å². The van der Waals surface area contributed by atoms with Gasteiger partial charge in [0.15, 0.2) is 0 Å². The highest BCUT2D eigenvalue weighted by Crippen LogP contribution is 2.13. The van der Waals surface area contributed by atoms with Gasteiger partial charge in [0, 0.05) is 24.0 Å². The number of ether oxygens (including phenoxy) is 1. The molecule has 0 amide bonds. The average Bonchev–Trinajstić information content (AvgIpc) is 2.31. The molecule has 0 aromatic carbocycles. The first kappa shape index (κ1) is 15.9. The van der Waals surface area contributed by atoms with Crippen molar-refractivity contribution in [3.05, 3.63) is 17.5 Å². The van der Waals surface area contributed by atoms with E-state index in [0.29, 0.717) is 11.9 Å². The molecule has 0 aliphatic heterocycles. The van der Waals surface area contributed by atoms with Gasteiger partial charge in [-0.15, -0.1) is 0 Å². The molecule has 1 rings (SSSR count). The van der Waals surface area contributed by atoms with Crippen LogP contribution in [0.2, 0.25) is 0 Å². The van der Waals surface area contributed by atoms with Crippen molar-refractivity contribution in [3.63, 3.8) is 0 Å². The van der Waals surface area contributed by atoms with Crippen molar-refractivity contribution >= 4 is 0 Å². The minimum Gasteiger partial charge on any atom is -0.460 e. The number of nitrogens with one attached hydrogen (secondary N) is 1. The van der Waals surface area contributed by atoms with Crippen molar-refractivity contribution in [3.8, 4) is 6.01 Å². The normalized spacial score (nSPS) is 12.7. The first-order valence-corrected chi connectivity index (χ1v) is 7.22. The summed E-state index contributed by atoms with van der Waals surface area (Å²) in [6.07, 6.45) is 4.17. The quantitative estimate of drug-likeness (QED) is 0.734. The molecule has 0 saturated carbocycles. The lowest BCUT2D eigenvalue weighted by molar-refractivity contribution is 0.177.